The van der Waals surface area contributed by atoms with E-state index in [2.05, 4.69) is 0 Å². The summed E-state index contributed by atoms with van der Waals surface area (Å²) >= 11 is 5.26. The lowest BCUT2D eigenvalue weighted by Crippen LogP contribution is -2.00. The van der Waals surface area contributed by atoms with E-state index < -0.39 is 22.4 Å². The lowest BCUT2D eigenvalue weighted by Gasteiger charge is -1.99. The smallest absolute Gasteiger partial charge is 0.338 e. The lowest BCUT2D eigenvalue weighted by atomic mass is 10.2. The average Bonchev–Trinajstić information content (AvgIpc) is 1.96. The number of phenols is 1. The van der Waals surface area contributed by atoms with Gasteiger partial charge in [-0.1, -0.05) is 11.6 Å². The summed E-state index contributed by atoms with van der Waals surface area (Å²) in [7, 11) is 0. The molecule has 5 heteroatoms. The Hall–Kier alpha value is -1.29. The number of phenolic OH excluding ortho intramolecular Hbond substituents is 1. The largest absolute Gasteiger partial charge is 0.508 e. The molecule has 1 rings (SSSR count). The van der Waals surface area contributed by atoms with Crippen molar-refractivity contribution in [1.82, 2.24) is 0 Å². The molecule has 1 aromatic rings. The van der Waals surface area contributed by atoms with Gasteiger partial charge in [0.15, 0.2) is 5.82 Å². The number of aromatic hydroxyl groups is 1. The summed E-state index contributed by atoms with van der Waals surface area (Å²) in [6.07, 6.45) is 0. The fraction of sp³-hybridized carbons (Fsp3) is 0. The molecular weight excluding hydrogens is 187 g/mol. The molecule has 2 N–H and O–H groups in total. The Morgan fingerprint density at radius 2 is 2.08 bits per heavy atom. The highest BCUT2D eigenvalue weighted by Crippen LogP contribution is 2.24. The Kier molecular flexibility index (Phi) is 2.19. The number of rotatable bonds is 1. The molecule has 0 bridgehead atoms. The van der Waals surface area contributed by atoms with Crippen molar-refractivity contribution in [1.29, 1.82) is 0 Å². The standard InChI is InChI=1S/C7H4ClFO3/c8-5-2-3(10)1-4(6(5)9)7(11)12/h1-2,10H,(H,11,12). The van der Waals surface area contributed by atoms with Gasteiger partial charge in [-0.2, -0.15) is 0 Å². The van der Waals surface area contributed by atoms with Crippen LogP contribution in [0.5, 0.6) is 5.75 Å². The minimum Gasteiger partial charge on any atom is -0.508 e. The molecule has 0 unspecified atom stereocenters. The monoisotopic (exact) mass is 190 g/mol. The predicted octanol–water partition coefficient (Wildman–Crippen LogP) is 1.88. The van der Waals surface area contributed by atoms with Gasteiger partial charge >= 0.3 is 5.97 Å². The van der Waals surface area contributed by atoms with E-state index in [1.54, 1.807) is 0 Å². The Balaban J connectivity index is 3.37. The molecule has 0 spiro atoms. The van der Waals surface area contributed by atoms with E-state index in [0.717, 1.165) is 12.1 Å². The first-order valence-corrected chi connectivity index (χ1v) is 3.31. The van der Waals surface area contributed by atoms with Crippen LogP contribution in [0.2, 0.25) is 5.02 Å². The van der Waals surface area contributed by atoms with E-state index >= 15 is 0 Å². The van der Waals surface area contributed by atoms with Crippen molar-refractivity contribution in [2.45, 2.75) is 0 Å². The normalized spacial score (nSPS) is 9.83. The van der Waals surface area contributed by atoms with E-state index in [1.807, 2.05) is 0 Å². The number of benzene rings is 1. The van der Waals surface area contributed by atoms with Gasteiger partial charge < -0.3 is 10.2 Å². The fourth-order valence-electron chi connectivity index (χ4n) is 0.730. The minimum atomic E-state index is -1.47. The number of aromatic carboxylic acids is 1. The van der Waals surface area contributed by atoms with E-state index in [-0.39, 0.29) is 5.75 Å². The van der Waals surface area contributed by atoms with E-state index in [9.17, 15) is 9.18 Å². The van der Waals surface area contributed by atoms with Crippen molar-refractivity contribution in [2.75, 3.05) is 0 Å². The molecule has 1 aromatic carbocycles. The summed E-state index contributed by atoms with van der Waals surface area (Å²) < 4.78 is 12.8. The third-order valence-corrected chi connectivity index (χ3v) is 1.52. The maximum absolute atomic E-state index is 12.8. The average molecular weight is 191 g/mol. The molecule has 0 saturated heterocycles. The van der Waals surface area contributed by atoms with E-state index in [1.165, 1.54) is 0 Å². The Morgan fingerprint density at radius 1 is 1.50 bits per heavy atom. The summed E-state index contributed by atoms with van der Waals surface area (Å²) in [5, 5.41) is 16.8. The molecule has 0 aliphatic heterocycles. The highest BCUT2D eigenvalue weighted by molar-refractivity contribution is 6.31. The van der Waals surface area contributed by atoms with Crippen LogP contribution < -0.4 is 0 Å². The van der Waals surface area contributed by atoms with Gasteiger partial charge in [0, 0.05) is 6.07 Å². The van der Waals surface area contributed by atoms with Crippen LogP contribution in [0.25, 0.3) is 0 Å². The molecular formula is C7H4ClFO3. The van der Waals surface area contributed by atoms with Crippen molar-refractivity contribution in [3.05, 3.63) is 28.5 Å². The topological polar surface area (TPSA) is 57.5 Å². The quantitative estimate of drug-likeness (QED) is 0.711. The van der Waals surface area contributed by atoms with Gasteiger partial charge in [-0.3, -0.25) is 0 Å². The third kappa shape index (κ3) is 1.48. The summed E-state index contributed by atoms with van der Waals surface area (Å²) in [4.78, 5) is 10.3. The Labute approximate surface area is 72.0 Å². The molecule has 0 aliphatic carbocycles. The number of halogens is 2. The number of carboxylic acids is 1. The van der Waals surface area contributed by atoms with Crippen molar-refractivity contribution in [2.24, 2.45) is 0 Å². The minimum absolute atomic E-state index is 0.376. The molecule has 0 heterocycles. The van der Waals surface area contributed by atoms with Crippen LogP contribution in [0.3, 0.4) is 0 Å². The van der Waals surface area contributed by atoms with Crippen LogP contribution in [-0.2, 0) is 0 Å². The molecule has 0 amide bonds. The zero-order valence-electron chi connectivity index (χ0n) is 5.71. The zero-order chi connectivity index (χ0) is 9.30. The van der Waals surface area contributed by atoms with Gasteiger partial charge in [0.05, 0.1) is 5.02 Å². The lowest BCUT2D eigenvalue weighted by molar-refractivity contribution is 0.0691. The SMILES string of the molecule is O=C(O)c1cc(O)cc(Cl)c1F. The van der Waals surface area contributed by atoms with Gasteiger partial charge in [0.1, 0.15) is 11.3 Å². The molecule has 0 fully saturated rings. The number of hydrogen-bond donors (Lipinski definition) is 2. The Bertz CT molecular complexity index is 338. The maximum Gasteiger partial charge on any atom is 0.338 e. The second-order valence-electron chi connectivity index (χ2n) is 2.09. The summed E-state index contributed by atoms with van der Waals surface area (Å²) in [6, 6.07) is 1.73. The summed E-state index contributed by atoms with van der Waals surface area (Å²) in [6.45, 7) is 0. The van der Waals surface area contributed by atoms with Gasteiger partial charge in [-0.25, -0.2) is 9.18 Å². The van der Waals surface area contributed by atoms with Crippen molar-refractivity contribution < 1.29 is 19.4 Å². The van der Waals surface area contributed by atoms with Gasteiger partial charge in [0.2, 0.25) is 0 Å². The number of carbonyl (C=O) groups is 1. The van der Waals surface area contributed by atoms with E-state index in [4.69, 9.17) is 21.8 Å². The first kappa shape index (κ1) is 8.80. The number of hydrogen-bond acceptors (Lipinski definition) is 2. The Morgan fingerprint density at radius 3 is 2.58 bits per heavy atom. The van der Waals surface area contributed by atoms with Crippen molar-refractivity contribution in [3.8, 4) is 5.75 Å². The summed E-state index contributed by atoms with van der Waals surface area (Å²) in [5.74, 6) is -2.88. The number of carboxylic acid groups (broad SMARTS) is 1. The van der Waals surface area contributed by atoms with Crippen LogP contribution in [0.15, 0.2) is 12.1 Å². The van der Waals surface area contributed by atoms with Crippen LogP contribution in [-0.4, -0.2) is 16.2 Å². The fourth-order valence-corrected chi connectivity index (χ4v) is 0.944. The van der Waals surface area contributed by atoms with Gasteiger partial charge in [-0.05, 0) is 6.07 Å². The molecule has 12 heavy (non-hydrogen) atoms. The van der Waals surface area contributed by atoms with Crippen LogP contribution in [0.4, 0.5) is 4.39 Å². The zero-order valence-corrected chi connectivity index (χ0v) is 6.47. The van der Waals surface area contributed by atoms with Gasteiger partial charge in [0.25, 0.3) is 0 Å². The third-order valence-electron chi connectivity index (χ3n) is 1.24. The molecule has 0 saturated carbocycles. The molecule has 0 aromatic heterocycles. The molecule has 0 atom stereocenters. The summed E-state index contributed by atoms with van der Waals surface area (Å²) in [5.41, 5.74) is -0.639. The van der Waals surface area contributed by atoms with Crippen LogP contribution in [0.1, 0.15) is 10.4 Å². The first-order valence-electron chi connectivity index (χ1n) is 2.93. The molecule has 0 aliphatic rings. The van der Waals surface area contributed by atoms with Gasteiger partial charge in [-0.15, -0.1) is 0 Å². The second kappa shape index (κ2) is 2.98. The van der Waals surface area contributed by atoms with Crippen LogP contribution >= 0.6 is 11.6 Å². The molecule has 0 radical (unpaired) electrons. The van der Waals surface area contributed by atoms with Crippen molar-refractivity contribution in [3.63, 3.8) is 0 Å². The second-order valence-corrected chi connectivity index (χ2v) is 2.50. The highest BCUT2D eigenvalue weighted by atomic mass is 35.5. The van der Waals surface area contributed by atoms with Crippen LogP contribution in [0, 0.1) is 5.82 Å². The molecule has 3 nitrogen and oxygen atoms in total. The molecule has 64 valence electrons. The predicted molar refractivity (Wildman–Crippen MR) is 40.0 cm³/mol. The van der Waals surface area contributed by atoms with E-state index in [0.29, 0.717) is 0 Å². The highest BCUT2D eigenvalue weighted by Gasteiger charge is 2.14. The van der Waals surface area contributed by atoms with Crippen molar-refractivity contribution >= 4 is 17.6 Å². The maximum atomic E-state index is 12.8. The first-order chi connectivity index (χ1) is 5.52.